The summed E-state index contributed by atoms with van der Waals surface area (Å²) in [6.07, 6.45) is 1.89. The van der Waals surface area contributed by atoms with Crippen LogP contribution in [-0.2, 0) is 4.79 Å². The first kappa shape index (κ1) is 15.3. The lowest BCUT2D eigenvalue weighted by molar-refractivity contribution is -0.148. The number of rotatable bonds is 4. The Labute approximate surface area is 123 Å². The quantitative estimate of drug-likeness (QED) is 0.792. The fourth-order valence-corrected chi connectivity index (χ4v) is 2.93. The number of hydrogen-bond acceptors (Lipinski definition) is 3. The van der Waals surface area contributed by atoms with Gasteiger partial charge < -0.3 is 15.3 Å². The van der Waals surface area contributed by atoms with Gasteiger partial charge in [0.2, 0.25) is 0 Å². The molecule has 1 atom stereocenters. The summed E-state index contributed by atoms with van der Waals surface area (Å²) >= 11 is 0. The molecule has 0 spiro atoms. The van der Waals surface area contributed by atoms with Crippen molar-refractivity contribution in [3.8, 4) is 0 Å². The van der Waals surface area contributed by atoms with Crippen LogP contribution in [0.3, 0.4) is 0 Å². The molecule has 1 aliphatic rings. The topological polar surface area (TPSA) is 98.3 Å². The van der Waals surface area contributed by atoms with Gasteiger partial charge in [0, 0.05) is 13.1 Å². The molecule has 116 valence electrons. The average Bonchev–Trinajstić information content (AvgIpc) is 2.99. The normalized spacial score (nSPS) is 21.6. The van der Waals surface area contributed by atoms with Gasteiger partial charge in [-0.1, -0.05) is 13.3 Å². The number of aliphatic carboxylic acids is 1. The smallest absolute Gasteiger partial charge is 0.321 e. The highest BCUT2D eigenvalue weighted by molar-refractivity contribution is 5.91. The molecular weight excluding hydrogens is 272 g/mol. The van der Waals surface area contributed by atoms with Crippen molar-refractivity contribution in [2.75, 3.05) is 18.4 Å². The lowest BCUT2D eigenvalue weighted by Crippen LogP contribution is -2.38. The molecule has 0 bridgehead atoms. The molecule has 7 heteroatoms. The second kappa shape index (κ2) is 5.75. The van der Waals surface area contributed by atoms with Crippen molar-refractivity contribution < 1.29 is 14.7 Å². The molecule has 0 aliphatic carbocycles. The van der Waals surface area contributed by atoms with E-state index in [-0.39, 0.29) is 12.6 Å². The van der Waals surface area contributed by atoms with Gasteiger partial charge in [0.05, 0.1) is 22.5 Å². The predicted molar refractivity (Wildman–Crippen MR) is 78.2 cm³/mol. The first-order chi connectivity index (χ1) is 9.89. The highest BCUT2D eigenvalue weighted by Gasteiger charge is 2.45. The Morgan fingerprint density at radius 1 is 1.48 bits per heavy atom. The summed E-state index contributed by atoms with van der Waals surface area (Å²) in [5.74, 6) is -0.810. The van der Waals surface area contributed by atoms with Crippen LogP contribution in [0.2, 0.25) is 0 Å². The summed E-state index contributed by atoms with van der Waals surface area (Å²) in [7, 11) is 0. The van der Waals surface area contributed by atoms with E-state index in [1.54, 1.807) is 4.90 Å². The largest absolute Gasteiger partial charge is 0.481 e. The van der Waals surface area contributed by atoms with Crippen LogP contribution in [0, 0.1) is 19.3 Å². The molecule has 2 rings (SSSR count). The number of carboxylic acids is 1. The number of amides is 2. The minimum atomic E-state index is -0.810. The van der Waals surface area contributed by atoms with Gasteiger partial charge in [-0.25, -0.2) is 4.79 Å². The van der Waals surface area contributed by atoms with E-state index in [1.807, 2.05) is 20.8 Å². The molecule has 7 nitrogen and oxygen atoms in total. The number of nitrogens with one attached hydrogen (secondary N) is 2. The SMILES string of the molecule is CCCC1(C(=O)O)CCN(C(=O)Nc2c(C)n[nH]c2C)C1. The van der Waals surface area contributed by atoms with Gasteiger partial charge in [-0.15, -0.1) is 0 Å². The molecule has 0 aromatic carbocycles. The minimum Gasteiger partial charge on any atom is -0.481 e. The van der Waals surface area contributed by atoms with E-state index >= 15 is 0 Å². The predicted octanol–water partition coefficient (Wildman–Crippen LogP) is 2.14. The number of nitrogens with zero attached hydrogens (tertiary/aromatic N) is 2. The molecule has 0 saturated carbocycles. The molecule has 3 N–H and O–H groups in total. The van der Waals surface area contributed by atoms with Crippen LogP contribution < -0.4 is 5.32 Å². The molecule has 1 fully saturated rings. The minimum absolute atomic E-state index is 0.262. The maximum atomic E-state index is 12.3. The zero-order chi connectivity index (χ0) is 15.6. The lowest BCUT2D eigenvalue weighted by atomic mass is 9.83. The highest BCUT2D eigenvalue weighted by atomic mass is 16.4. The standard InChI is InChI=1S/C14H22N4O3/c1-4-5-14(12(19)20)6-7-18(8-14)13(21)15-11-9(2)16-17-10(11)3/h4-8H2,1-3H3,(H,15,21)(H,16,17)(H,19,20). The highest BCUT2D eigenvalue weighted by Crippen LogP contribution is 2.35. The van der Waals surface area contributed by atoms with Crippen LogP contribution in [-0.4, -0.2) is 45.3 Å². The first-order valence-electron chi connectivity index (χ1n) is 7.20. The maximum absolute atomic E-state index is 12.3. The van der Waals surface area contributed by atoms with Gasteiger partial charge in [0.15, 0.2) is 0 Å². The average molecular weight is 294 g/mol. The molecular formula is C14H22N4O3. The number of carboxylic acid groups (broad SMARTS) is 1. The summed E-state index contributed by atoms with van der Waals surface area (Å²) in [6, 6.07) is -0.262. The van der Waals surface area contributed by atoms with Crippen molar-refractivity contribution in [3.05, 3.63) is 11.4 Å². The Kier molecular flexibility index (Phi) is 4.20. The van der Waals surface area contributed by atoms with E-state index in [1.165, 1.54) is 0 Å². The number of aromatic amines is 1. The zero-order valence-corrected chi connectivity index (χ0v) is 12.7. The molecule has 1 unspecified atom stereocenters. The third kappa shape index (κ3) is 2.86. The van der Waals surface area contributed by atoms with E-state index in [9.17, 15) is 14.7 Å². The van der Waals surface area contributed by atoms with Crippen molar-refractivity contribution in [1.29, 1.82) is 0 Å². The summed E-state index contributed by atoms with van der Waals surface area (Å²) in [4.78, 5) is 25.4. The van der Waals surface area contributed by atoms with E-state index in [4.69, 9.17) is 0 Å². The summed E-state index contributed by atoms with van der Waals surface area (Å²) in [6.45, 7) is 6.33. The Hall–Kier alpha value is -2.05. The summed E-state index contributed by atoms with van der Waals surface area (Å²) < 4.78 is 0. The fraction of sp³-hybridized carbons (Fsp3) is 0.643. The van der Waals surface area contributed by atoms with Crippen molar-refractivity contribution >= 4 is 17.7 Å². The number of anilines is 1. The van der Waals surface area contributed by atoms with Crippen LogP contribution in [0.15, 0.2) is 0 Å². The zero-order valence-electron chi connectivity index (χ0n) is 12.7. The number of H-pyrrole nitrogens is 1. The van der Waals surface area contributed by atoms with Crippen LogP contribution in [0.5, 0.6) is 0 Å². The van der Waals surface area contributed by atoms with E-state index < -0.39 is 11.4 Å². The number of carbonyl (C=O) groups excluding carboxylic acids is 1. The number of likely N-dealkylation sites (tertiary alicyclic amines) is 1. The van der Waals surface area contributed by atoms with Gasteiger partial charge in [-0.05, 0) is 26.7 Å². The Morgan fingerprint density at radius 3 is 2.71 bits per heavy atom. The molecule has 2 heterocycles. The monoisotopic (exact) mass is 294 g/mol. The molecule has 0 radical (unpaired) electrons. The Bertz CT molecular complexity index is 535. The van der Waals surface area contributed by atoms with E-state index in [2.05, 4.69) is 15.5 Å². The van der Waals surface area contributed by atoms with Crippen molar-refractivity contribution in [3.63, 3.8) is 0 Å². The maximum Gasteiger partial charge on any atom is 0.321 e. The third-order valence-corrected chi connectivity index (χ3v) is 4.18. The number of aryl methyl sites for hydroxylation is 2. The van der Waals surface area contributed by atoms with Crippen molar-refractivity contribution in [2.24, 2.45) is 5.41 Å². The van der Waals surface area contributed by atoms with Crippen molar-refractivity contribution in [2.45, 2.75) is 40.0 Å². The van der Waals surface area contributed by atoms with Gasteiger partial charge in [-0.3, -0.25) is 9.89 Å². The summed E-state index contributed by atoms with van der Waals surface area (Å²) in [5.41, 5.74) is 1.38. The van der Waals surface area contributed by atoms with Gasteiger partial charge >= 0.3 is 12.0 Å². The van der Waals surface area contributed by atoms with Gasteiger partial charge in [0.25, 0.3) is 0 Å². The van der Waals surface area contributed by atoms with E-state index in [0.717, 1.165) is 17.8 Å². The van der Waals surface area contributed by atoms with Gasteiger partial charge in [-0.2, -0.15) is 5.10 Å². The molecule has 21 heavy (non-hydrogen) atoms. The molecule has 1 aliphatic heterocycles. The number of carbonyl (C=O) groups is 2. The molecule has 1 aromatic heterocycles. The molecule has 2 amide bonds. The molecule has 1 aromatic rings. The fourth-order valence-electron chi connectivity index (χ4n) is 2.93. The third-order valence-electron chi connectivity index (χ3n) is 4.18. The van der Waals surface area contributed by atoms with Crippen LogP contribution in [0.1, 0.15) is 37.6 Å². The Morgan fingerprint density at radius 2 is 2.19 bits per heavy atom. The van der Waals surface area contributed by atoms with Crippen LogP contribution in [0.25, 0.3) is 0 Å². The number of aromatic nitrogens is 2. The second-order valence-electron chi connectivity index (χ2n) is 5.75. The first-order valence-corrected chi connectivity index (χ1v) is 7.20. The summed E-state index contributed by atoms with van der Waals surface area (Å²) in [5, 5.41) is 19.1. The van der Waals surface area contributed by atoms with E-state index in [0.29, 0.717) is 25.1 Å². The number of hydrogen-bond donors (Lipinski definition) is 3. The second-order valence-corrected chi connectivity index (χ2v) is 5.75. The number of urea groups is 1. The van der Waals surface area contributed by atoms with Gasteiger partial charge in [0.1, 0.15) is 0 Å². The molecule has 1 saturated heterocycles. The Balaban J connectivity index is 2.07. The van der Waals surface area contributed by atoms with Crippen LogP contribution >= 0.6 is 0 Å². The van der Waals surface area contributed by atoms with Crippen LogP contribution in [0.4, 0.5) is 10.5 Å². The lowest BCUT2D eigenvalue weighted by Gasteiger charge is -2.24. The van der Waals surface area contributed by atoms with Crippen molar-refractivity contribution in [1.82, 2.24) is 15.1 Å².